The lowest BCUT2D eigenvalue weighted by Crippen LogP contribution is -2.42. The molecule has 1 aromatic rings. The lowest BCUT2D eigenvalue weighted by atomic mass is 9.86. The molecule has 2 aliphatic rings. The Balaban J connectivity index is 1.91. The number of rotatable bonds is 3. The quantitative estimate of drug-likeness (QED) is 0.649. The van der Waals surface area contributed by atoms with Crippen molar-refractivity contribution in [3.05, 3.63) is 29.1 Å². The molecule has 3 amide bonds. The van der Waals surface area contributed by atoms with E-state index in [2.05, 4.69) is 11.2 Å². The summed E-state index contributed by atoms with van der Waals surface area (Å²) in [5.41, 5.74) is -0.999. The van der Waals surface area contributed by atoms with Crippen molar-refractivity contribution in [2.24, 2.45) is 5.41 Å². The topological polar surface area (TPSA) is 75.7 Å². The number of terminal acetylenes is 1. The number of amides is 3. The highest BCUT2D eigenvalue weighted by molar-refractivity contribution is 6.08. The molecule has 0 aromatic heterocycles. The number of hydrogen-bond donors (Lipinski definition) is 1. The first-order chi connectivity index (χ1) is 10.9. The molecule has 0 aliphatic carbocycles. The molecule has 0 radical (unpaired) electrons. The number of carbonyl (C=O) groups is 3. The maximum Gasteiger partial charge on any atom is 0.257 e. The lowest BCUT2D eigenvalue weighted by molar-refractivity contribution is -0.127. The molecule has 3 rings (SSSR count). The number of nitrogens with zero attached hydrogens (tertiary/aromatic N) is 1. The summed E-state index contributed by atoms with van der Waals surface area (Å²) in [6.45, 7) is -0.0175. The van der Waals surface area contributed by atoms with E-state index in [-0.39, 0.29) is 30.8 Å². The van der Waals surface area contributed by atoms with Gasteiger partial charge in [0.05, 0.1) is 19.1 Å². The van der Waals surface area contributed by atoms with Gasteiger partial charge in [-0.25, -0.2) is 4.39 Å². The van der Waals surface area contributed by atoms with Crippen molar-refractivity contribution in [1.82, 2.24) is 10.2 Å². The Morgan fingerprint density at radius 3 is 2.74 bits per heavy atom. The number of carbonyl (C=O) groups excluding carboxylic acids is 3. The maximum absolute atomic E-state index is 14.3. The number of nitrogens with one attached hydrogen (secondary N) is 1. The van der Waals surface area contributed by atoms with Crippen molar-refractivity contribution in [2.45, 2.75) is 13.0 Å². The van der Waals surface area contributed by atoms with Gasteiger partial charge in [0, 0.05) is 13.1 Å². The fourth-order valence-electron chi connectivity index (χ4n) is 2.94. The third-order valence-corrected chi connectivity index (χ3v) is 4.16. The summed E-state index contributed by atoms with van der Waals surface area (Å²) in [5, 5.41) is 2.15. The zero-order chi connectivity index (χ0) is 16.8. The van der Waals surface area contributed by atoms with Crippen molar-refractivity contribution >= 4 is 17.7 Å². The minimum absolute atomic E-state index is 0.0283. The maximum atomic E-state index is 14.3. The molecular formula is C16H13FN2O4. The first kappa shape index (κ1) is 15.0. The number of imide groups is 1. The molecule has 1 saturated heterocycles. The molecule has 118 valence electrons. The van der Waals surface area contributed by atoms with Crippen LogP contribution in [0.4, 0.5) is 4.39 Å². The van der Waals surface area contributed by atoms with Gasteiger partial charge in [0.15, 0.2) is 11.6 Å². The molecule has 7 heteroatoms. The van der Waals surface area contributed by atoms with E-state index in [4.69, 9.17) is 11.2 Å². The van der Waals surface area contributed by atoms with Crippen LogP contribution >= 0.6 is 0 Å². The summed E-state index contributed by atoms with van der Waals surface area (Å²) < 4.78 is 19.2. The van der Waals surface area contributed by atoms with Gasteiger partial charge in [-0.1, -0.05) is 12.0 Å². The first-order valence-corrected chi connectivity index (χ1v) is 6.88. The Morgan fingerprint density at radius 2 is 2.17 bits per heavy atom. The predicted molar refractivity (Wildman–Crippen MR) is 76.7 cm³/mol. The normalized spacial score (nSPS) is 22.8. The molecule has 6 nitrogen and oxygen atoms in total. The standard InChI is InChI=1S/C16H13FN2O4/c1-3-16(6-11(20)18-15(16)22)8-19-7-9-4-5-10(23-2)13(17)12(9)14(19)21/h1,4-5H,6-8H2,2H3,(H,18,20,22)/t16-/m1/s1. The predicted octanol–water partition coefficient (Wildman–Crippen LogP) is 0.456. The van der Waals surface area contributed by atoms with Gasteiger partial charge in [-0.05, 0) is 11.6 Å². The molecule has 1 fully saturated rings. The smallest absolute Gasteiger partial charge is 0.257 e. The molecule has 0 saturated carbocycles. The van der Waals surface area contributed by atoms with E-state index in [0.717, 1.165) is 0 Å². The van der Waals surface area contributed by atoms with Crippen LogP contribution in [0.5, 0.6) is 5.75 Å². The number of benzene rings is 1. The number of halogens is 1. The van der Waals surface area contributed by atoms with Crippen molar-refractivity contribution in [2.75, 3.05) is 13.7 Å². The SMILES string of the molecule is C#C[C@]1(CN2Cc3ccc(OC)c(F)c3C2=O)CC(=O)NC1=O. The highest BCUT2D eigenvalue weighted by Gasteiger charge is 2.48. The van der Waals surface area contributed by atoms with Gasteiger partial charge < -0.3 is 9.64 Å². The number of hydrogen-bond acceptors (Lipinski definition) is 4. The van der Waals surface area contributed by atoms with Crippen LogP contribution in [-0.2, 0) is 16.1 Å². The highest BCUT2D eigenvalue weighted by atomic mass is 19.1. The third-order valence-electron chi connectivity index (χ3n) is 4.16. The summed E-state index contributed by atoms with van der Waals surface area (Å²) in [6.07, 6.45) is 5.24. The average Bonchev–Trinajstić information content (AvgIpc) is 2.98. The Kier molecular flexibility index (Phi) is 3.33. The van der Waals surface area contributed by atoms with Crippen molar-refractivity contribution in [1.29, 1.82) is 0 Å². The van der Waals surface area contributed by atoms with Crippen molar-refractivity contribution in [3.8, 4) is 18.1 Å². The monoisotopic (exact) mass is 316 g/mol. The van der Waals surface area contributed by atoms with Gasteiger partial charge in [0.1, 0.15) is 5.41 Å². The molecule has 0 unspecified atom stereocenters. The van der Waals surface area contributed by atoms with Gasteiger partial charge in [-0.3, -0.25) is 19.7 Å². The molecule has 1 aromatic carbocycles. The second-order valence-corrected chi connectivity index (χ2v) is 5.56. The van der Waals surface area contributed by atoms with Gasteiger partial charge in [0.2, 0.25) is 11.8 Å². The van der Waals surface area contributed by atoms with Gasteiger partial charge >= 0.3 is 0 Å². The molecule has 2 aliphatic heterocycles. The average molecular weight is 316 g/mol. The van der Waals surface area contributed by atoms with E-state index in [0.29, 0.717) is 5.56 Å². The summed E-state index contributed by atoms with van der Waals surface area (Å²) in [7, 11) is 1.31. The third kappa shape index (κ3) is 2.14. The van der Waals surface area contributed by atoms with E-state index in [9.17, 15) is 18.8 Å². The molecule has 1 atom stereocenters. The van der Waals surface area contributed by atoms with E-state index >= 15 is 0 Å². The summed E-state index contributed by atoms with van der Waals surface area (Å²) in [5.74, 6) is -0.0988. The Morgan fingerprint density at radius 1 is 1.43 bits per heavy atom. The molecule has 0 bridgehead atoms. The van der Waals surface area contributed by atoms with Crippen molar-refractivity contribution < 1.29 is 23.5 Å². The molecule has 0 spiro atoms. The second kappa shape index (κ2) is 5.09. The zero-order valence-electron chi connectivity index (χ0n) is 12.3. The van der Waals surface area contributed by atoms with Gasteiger partial charge in [-0.2, -0.15) is 0 Å². The Bertz CT molecular complexity index is 783. The summed E-state index contributed by atoms with van der Waals surface area (Å²) in [4.78, 5) is 37.1. The molecule has 1 N–H and O–H groups in total. The van der Waals surface area contributed by atoms with E-state index < -0.39 is 29.0 Å². The summed E-state index contributed by atoms with van der Waals surface area (Å²) in [6, 6.07) is 3.03. The van der Waals surface area contributed by atoms with E-state index in [1.165, 1.54) is 18.1 Å². The highest BCUT2D eigenvalue weighted by Crippen LogP contribution is 2.35. The number of methoxy groups -OCH3 is 1. The van der Waals surface area contributed by atoms with Gasteiger partial charge in [0.25, 0.3) is 5.91 Å². The molecular weight excluding hydrogens is 303 g/mol. The van der Waals surface area contributed by atoms with Crippen LogP contribution in [0.15, 0.2) is 12.1 Å². The Hall–Kier alpha value is -2.88. The minimum Gasteiger partial charge on any atom is -0.494 e. The van der Waals surface area contributed by atoms with Crippen LogP contribution in [0.1, 0.15) is 22.3 Å². The zero-order valence-corrected chi connectivity index (χ0v) is 12.3. The van der Waals surface area contributed by atoms with E-state index in [1.807, 2.05) is 0 Å². The van der Waals surface area contributed by atoms with Crippen LogP contribution in [0.3, 0.4) is 0 Å². The lowest BCUT2D eigenvalue weighted by Gasteiger charge is -2.25. The molecule has 2 heterocycles. The fourth-order valence-corrected chi connectivity index (χ4v) is 2.94. The van der Waals surface area contributed by atoms with Crippen LogP contribution in [-0.4, -0.2) is 36.3 Å². The van der Waals surface area contributed by atoms with Crippen LogP contribution in [0, 0.1) is 23.6 Å². The van der Waals surface area contributed by atoms with E-state index in [1.54, 1.807) is 6.07 Å². The minimum atomic E-state index is -1.41. The number of ether oxygens (including phenoxy) is 1. The second-order valence-electron chi connectivity index (χ2n) is 5.56. The van der Waals surface area contributed by atoms with Gasteiger partial charge in [-0.15, -0.1) is 6.42 Å². The van der Waals surface area contributed by atoms with Crippen molar-refractivity contribution in [3.63, 3.8) is 0 Å². The fraction of sp³-hybridized carbons (Fsp3) is 0.312. The van der Waals surface area contributed by atoms with Crippen LogP contribution in [0.2, 0.25) is 0 Å². The van der Waals surface area contributed by atoms with Crippen LogP contribution < -0.4 is 10.1 Å². The molecule has 23 heavy (non-hydrogen) atoms. The summed E-state index contributed by atoms with van der Waals surface area (Å²) >= 11 is 0. The van der Waals surface area contributed by atoms with Crippen LogP contribution in [0.25, 0.3) is 0 Å². The largest absolute Gasteiger partial charge is 0.494 e. The number of fused-ring (bicyclic) bond motifs is 1. The Labute approximate surface area is 131 Å². The first-order valence-electron chi connectivity index (χ1n) is 6.88.